The van der Waals surface area contributed by atoms with Gasteiger partial charge in [0.25, 0.3) is 0 Å². The van der Waals surface area contributed by atoms with E-state index in [1.165, 1.54) is 0 Å². The average molecular weight is 313 g/mol. The number of anilines is 2. The summed E-state index contributed by atoms with van der Waals surface area (Å²) in [5.74, 6) is 1.14. The summed E-state index contributed by atoms with van der Waals surface area (Å²) < 4.78 is 0. The molecule has 1 aromatic heterocycles. The molecule has 0 spiro atoms. The minimum atomic E-state index is 0.0633. The van der Waals surface area contributed by atoms with Gasteiger partial charge in [0.05, 0.1) is 5.69 Å². The van der Waals surface area contributed by atoms with Crippen LogP contribution in [0.3, 0.4) is 0 Å². The topological polar surface area (TPSA) is 78.5 Å². The number of rotatable bonds is 4. The highest BCUT2D eigenvalue weighted by atomic mass is 16.3. The molecule has 2 aromatic rings. The summed E-state index contributed by atoms with van der Waals surface area (Å²) in [6, 6.07) is 9.95. The number of hydrogen-bond acceptors (Lipinski definition) is 6. The molecule has 0 bridgehead atoms. The van der Waals surface area contributed by atoms with Crippen LogP contribution in [0.15, 0.2) is 30.3 Å². The third-order valence-corrected chi connectivity index (χ3v) is 4.21. The number of aliphatic hydroxyl groups is 1. The third kappa shape index (κ3) is 3.43. The van der Waals surface area contributed by atoms with Crippen molar-refractivity contribution >= 4 is 11.8 Å². The van der Waals surface area contributed by atoms with E-state index in [2.05, 4.69) is 26.8 Å². The molecule has 23 heavy (non-hydrogen) atoms. The molecule has 0 radical (unpaired) electrons. The molecule has 1 aromatic carbocycles. The van der Waals surface area contributed by atoms with Gasteiger partial charge in [0, 0.05) is 50.3 Å². The van der Waals surface area contributed by atoms with E-state index in [-0.39, 0.29) is 12.6 Å². The Balaban J connectivity index is 2.06. The normalized spacial score (nSPS) is 15.8. The lowest BCUT2D eigenvalue weighted by molar-refractivity contribution is 0.298. The zero-order valence-electron chi connectivity index (χ0n) is 13.4. The van der Waals surface area contributed by atoms with Gasteiger partial charge in [-0.1, -0.05) is 30.3 Å². The Kier molecular flexibility index (Phi) is 4.73. The molecule has 6 nitrogen and oxygen atoms in total. The van der Waals surface area contributed by atoms with Gasteiger partial charge in [0.15, 0.2) is 0 Å². The van der Waals surface area contributed by atoms with Crippen molar-refractivity contribution < 1.29 is 5.11 Å². The molecule has 1 aliphatic rings. The fraction of sp³-hybridized carbons (Fsp3) is 0.412. The number of hydrogen-bond donors (Lipinski definition) is 2. The van der Waals surface area contributed by atoms with Gasteiger partial charge in [-0.25, -0.2) is 4.98 Å². The second-order valence-electron chi connectivity index (χ2n) is 5.86. The zero-order valence-corrected chi connectivity index (χ0v) is 13.4. The van der Waals surface area contributed by atoms with Crippen LogP contribution in [0, 0.1) is 0 Å². The van der Waals surface area contributed by atoms with Gasteiger partial charge in [-0.2, -0.15) is 4.98 Å². The van der Waals surface area contributed by atoms with Crippen LogP contribution in [0.5, 0.6) is 0 Å². The zero-order chi connectivity index (χ0) is 16.2. The lowest BCUT2D eigenvalue weighted by Crippen LogP contribution is -2.45. The molecular weight excluding hydrogens is 290 g/mol. The molecule has 0 amide bonds. The van der Waals surface area contributed by atoms with Crippen molar-refractivity contribution in [1.29, 1.82) is 0 Å². The summed E-state index contributed by atoms with van der Waals surface area (Å²) in [6.45, 7) is 3.85. The molecule has 0 saturated carbocycles. The average Bonchev–Trinajstić information content (AvgIpc) is 2.58. The smallest absolute Gasteiger partial charge is 0.222 e. The molecule has 3 N–H and O–H groups in total. The molecule has 122 valence electrons. The van der Waals surface area contributed by atoms with Gasteiger partial charge in [0.2, 0.25) is 5.95 Å². The van der Waals surface area contributed by atoms with Crippen LogP contribution >= 0.6 is 0 Å². The van der Waals surface area contributed by atoms with Gasteiger partial charge in [-0.3, -0.25) is 0 Å². The predicted molar refractivity (Wildman–Crippen MR) is 92.4 cm³/mol. The predicted octanol–water partition coefficient (Wildman–Crippen LogP) is 1.01. The fourth-order valence-electron chi connectivity index (χ4n) is 2.95. The first-order valence-corrected chi connectivity index (χ1v) is 7.95. The summed E-state index contributed by atoms with van der Waals surface area (Å²) >= 11 is 0. The number of nitrogen functional groups attached to an aromatic ring is 1. The number of likely N-dealkylation sites (N-methyl/N-ethyl adjacent to an activating group) is 1. The highest BCUT2D eigenvalue weighted by Gasteiger charge is 2.22. The summed E-state index contributed by atoms with van der Waals surface area (Å²) in [6.07, 6.45) is 0.520. The van der Waals surface area contributed by atoms with Crippen LogP contribution in [0.4, 0.5) is 11.8 Å². The molecular formula is C17H23N5O. The van der Waals surface area contributed by atoms with E-state index < -0.39 is 0 Å². The van der Waals surface area contributed by atoms with E-state index in [9.17, 15) is 5.11 Å². The number of nitrogens with two attached hydrogens (primary N) is 1. The van der Waals surface area contributed by atoms with E-state index in [4.69, 9.17) is 5.73 Å². The van der Waals surface area contributed by atoms with E-state index >= 15 is 0 Å². The maximum Gasteiger partial charge on any atom is 0.222 e. The summed E-state index contributed by atoms with van der Waals surface area (Å²) in [4.78, 5) is 13.5. The molecule has 2 heterocycles. The summed E-state index contributed by atoms with van der Waals surface area (Å²) in [5.41, 5.74) is 8.76. The monoisotopic (exact) mass is 313 g/mol. The van der Waals surface area contributed by atoms with Crippen LogP contribution in [-0.2, 0) is 6.42 Å². The van der Waals surface area contributed by atoms with E-state index in [1.807, 2.05) is 30.3 Å². The van der Waals surface area contributed by atoms with Gasteiger partial charge in [0.1, 0.15) is 5.82 Å². The Hall–Kier alpha value is -2.18. The quantitative estimate of drug-likeness (QED) is 0.877. The van der Waals surface area contributed by atoms with Crippen molar-refractivity contribution in [3.63, 3.8) is 0 Å². The second-order valence-corrected chi connectivity index (χ2v) is 5.86. The van der Waals surface area contributed by atoms with Gasteiger partial charge >= 0.3 is 0 Å². The Morgan fingerprint density at radius 1 is 1.09 bits per heavy atom. The molecule has 1 saturated heterocycles. The van der Waals surface area contributed by atoms with Crippen LogP contribution < -0.4 is 10.6 Å². The van der Waals surface area contributed by atoms with Crippen molar-refractivity contribution in [2.24, 2.45) is 0 Å². The molecule has 1 fully saturated rings. The number of piperazine rings is 1. The van der Waals surface area contributed by atoms with Crippen LogP contribution in [0.2, 0.25) is 0 Å². The SMILES string of the molecule is CN1CCN(c2nc(N)nc(-c3ccccc3)c2CCO)CC1. The van der Waals surface area contributed by atoms with Crippen LogP contribution in [0.25, 0.3) is 11.3 Å². The van der Waals surface area contributed by atoms with Gasteiger partial charge < -0.3 is 20.6 Å². The van der Waals surface area contributed by atoms with Crippen molar-refractivity contribution in [2.45, 2.75) is 6.42 Å². The summed E-state index contributed by atoms with van der Waals surface area (Å²) in [7, 11) is 2.12. The van der Waals surface area contributed by atoms with Crippen molar-refractivity contribution in [3.8, 4) is 11.3 Å². The number of benzene rings is 1. The molecule has 0 aliphatic carbocycles. The molecule has 0 atom stereocenters. The third-order valence-electron chi connectivity index (χ3n) is 4.21. The largest absolute Gasteiger partial charge is 0.396 e. The first kappa shape index (κ1) is 15.7. The lowest BCUT2D eigenvalue weighted by atomic mass is 10.0. The minimum Gasteiger partial charge on any atom is -0.396 e. The van der Waals surface area contributed by atoms with Crippen molar-refractivity contribution in [1.82, 2.24) is 14.9 Å². The van der Waals surface area contributed by atoms with E-state index in [1.54, 1.807) is 0 Å². The Bertz CT molecular complexity index is 654. The fourth-order valence-corrected chi connectivity index (χ4v) is 2.95. The minimum absolute atomic E-state index is 0.0633. The second kappa shape index (κ2) is 6.93. The first-order valence-electron chi connectivity index (χ1n) is 7.95. The first-order chi connectivity index (χ1) is 11.2. The number of aromatic nitrogens is 2. The van der Waals surface area contributed by atoms with Crippen molar-refractivity contribution in [3.05, 3.63) is 35.9 Å². The van der Waals surface area contributed by atoms with Crippen molar-refractivity contribution in [2.75, 3.05) is 50.5 Å². The van der Waals surface area contributed by atoms with Gasteiger partial charge in [-0.15, -0.1) is 0 Å². The maximum atomic E-state index is 9.51. The Labute approximate surface area is 136 Å². The highest BCUT2D eigenvalue weighted by Crippen LogP contribution is 2.30. The standard InChI is InChI=1S/C17H23N5O/c1-21-8-10-22(11-9-21)16-14(7-12-23)15(19-17(18)20-16)13-5-3-2-4-6-13/h2-6,23H,7-12H2,1H3,(H2,18,19,20). The summed E-state index contributed by atoms with van der Waals surface area (Å²) in [5, 5.41) is 9.51. The Morgan fingerprint density at radius 3 is 2.43 bits per heavy atom. The Morgan fingerprint density at radius 2 is 1.78 bits per heavy atom. The lowest BCUT2D eigenvalue weighted by Gasteiger charge is -2.34. The molecule has 0 unspecified atom stereocenters. The molecule has 1 aliphatic heterocycles. The van der Waals surface area contributed by atoms with E-state index in [0.717, 1.165) is 48.8 Å². The number of aliphatic hydroxyl groups excluding tert-OH is 1. The maximum absolute atomic E-state index is 9.51. The molecule has 6 heteroatoms. The van der Waals surface area contributed by atoms with Gasteiger partial charge in [-0.05, 0) is 7.05 Å². The highest BCUT2D eigenvalue weighted by molar-refractivity contribution is 5.70. The van der Waals surface area contributed by atoms with Crippen LogP contribution in [-0.4, -0.2) is 59.8 Å². The molecule has 3 rings (SSSR count). The van der Waals surface area contributed by atoms with Crippen LogP contribution in [0.1, 0.15) is 5.56 Å². The number of nitrogens with zero attached hydrogens (tertiary/aromatic N) is 4. The van der Waals surface area contributed by atoms with E-state index in [0.29, 0.717) is 6.42 Å².